The maximum Gasteiger partial charge on any atom is 0.416 e. The fraction of sp³-hybridized carbons (Fsp3) is 0.492. The zero-order valence-electron chi connectivity index (χ0n) is 44.9. The molecule has 410 valence electrons. The maximum atomic E-state index is 14.2. The average Bonchev–Trinajstić information content (AvgIpc) is 4.06. The Morgan fingerprint density at radius 1 is 0.553 bits per heavy atom. The third-order valence-corrected chi connectivity index (χ3v) is 14.4. The number of alkyl halides is 3. The molecular weight excluding hydrogens is 978 g/mol. The Kier molecular flexibility index (Phi) is 19.3. The van der Waals surface area contributed by atoms with Crippen molar-refractivity contribution in [3.63, 3.8) is 0 Å². The number of hydrogen-bond acceptors (Lipinski definition) is 12. The summed E-state index contributed by atoms with van der Waals surface area (Å²) in [6.45, 7) is 16.9. The normalized spacial score (nSPS) is 16.1. The van der Waals surface area contributed by atoms with Crippen molar-refractivity contribution < 1.29 is 50.5 Å². The third-order valence-electron chi connectivity index (χ3n) is 14.4. The van der Waals surface area contributed by atoms with E-state index >= 15 is 0 Å². The molecule has 6 aromatic rings. The van der Waals surface area contributed by atoms with Gasteiger partial charge in [-0.15, -0.1) is 0 Å². The fourth-order valence-corrected chi connectivity index (χ4v) is 10.4. The molecule has 2 unspecified atom stereocenters. The van der Waals surface area contributed by atoms with Crippen LogP contribution in [-0.2, 0) is 15.8 Å². The number of methoxy groups -OCH3 is 2. The van der Waals surface area contributed by atoms with Gasteiger partial charge in [-0.2, -0.15) is 13.2 Å². The molecule has 2 N–H and O–H groups in total. The topological polar surface area (TPSA) is 134 Å². The van der Waals surface area contributed by atoms with Crippen LogP contribution < -0.4 is 29.6 Å². The van der Waals surface area contributed by atoms with E-state index in [1.165, 1.54) is 12.1 Å². The lowest BCUT2D eigenvalue weighted by molar-refractivity contribution is -0.141. The van der Waals surface area contributed by atoms with Crippen molar-refractivity contribution in [3.05, 3.63) is 97.0 Å². The van der Waals surface area contributed by atoms with E-state index in [1.54, 1.807) is 26.7 Å². The first-order valence-corrected chi connectivity index (χ1v) is 26.9. The van der Waals surface area contributed by atoms with Crippen LogP contribution in [0.2, 0.25) is 0 Å². The van der Waals surface area contributed by atoms with Crippen molar-refractivity contribution >= 4 is 33.8 Å². The molecule has 2 saturated heterocycles. The Bertz CT molecular complexity index is 2820. The van der Waals surface area contributed by atoms with Gasteiger partial charge in [-0.3, -0.25) is 19.4 Å². The molecule has 0 bridgehead atoms. The quantitative estimate of drug-likeness (QED) is 0.0529. The summed E-state index contributed by atoms with van der Waals surface area (Å²) in [6, 6.07) is 21.0. The molecule has 17 heteroatoms. The van der Waals surface area contributed by atoms with Gasteiger partial charge in [0.1, 0.15) is 34.7 Å². The number of rotatable bonds is 25. The van der Waals surface area contributed by atoms with Gasteiger partial charge in [0.25, 0.3) is 0 Å². The summed E-state index contributed by atoms with van der Waals surface area (Å²) >= 11 is 0. The van der Waals surface area contributed by atoms with Gasteiger partial charge in [-0.25, -0.2) is 0 Å². The predicted molar refractivity (Wildman–Crippen MR) is 290 cm³/mol. The zero-order valence-corrected chi connectivity index (χ0v) is 44.9. The highest BCUT2D eigenvalue weighted by Gasteiger charge is 2.44. The predicted octanol–water partition coefficient (Wildman–Crippen LogP) is 10.4. The molecule has 0 radical (unpaired) electrons. The molecule has 76 heavy (non-hydrogen) atoms. The number of nitrogens with zero attached hydrogens (tertiary/aromatic N) is 4. The van der Waals surface area contributed by atoms with Gasteiger partial charge in [-0.05, 0) is 139 Å². The van der Waals surface area contributed by atoms with E-state index in [4.69, 9.17) is 27.8 Å². The van der Waals surface area contributed by atoms with E-state index in [1.807, 2.05) is 82.3 Å². The molecule has 2 amide bonds. The maximum absolute atomic E-state index is 14.2. The number of amides is 2. The van der Waals surface area contributed by atoms with Crippen LogP contribution in [0.3, 0.4) is 0 Å². The van der Waals surface area contributed by atoms with E-state index in [0.717, 1.165) is 129 Å². The summed E-state index contributed by atoms with van der Waals surface area (Å²) in [7, 11) is 3.25. The molecule has 0 aliphatic carbocycles. The minimum Gasteiger partial charge on any atom is -0.493 e. The monoisotopic (exact) mass is 1050 g/mol. The lowest BCUT2D eigenvalue weighted by Crippen LogP contribution is -2.68. The molecule has 2 fully saturated rings. The van der Waals surface area contributed by atoms with E-state index < -0.39 is 23.8 Å². The largest absolute Gasteiger partial charge is 0.493 e. The van der Waals surface area contributed by atoms with Crippen LogP contribution in [0.1, 0.15) is 71.8 Å². The highest BCUT2D eigenvalue weighted by molar-refractivity contribution is 5.96. The van der Waals surface area contributed by atoms with Crippen molar-refractivity contribution in [1.29, 1.82) is 0 Å². The minimum absolute atomic E-state index is 0.0657. The summed E-state index contributed by atoms with van der Waals surface area (Å²) in [5.74, 6) is 2.57. The van der Waals surface area contributed by atoms with Crippen molar-refractivity contribution in [2.45, 2.75) is 96.6 Å². The number of fused-ring (bicyclic) bond motifs is 2. The standard InChI is InChI=1S/C59H75F3N6O8/c1-40(2)63-57(69)55(67-29-25-65(26-30-67)23-9-7-11-33-73-45-18-20-47-49(38-75-52(47)36-45)42-13-16-44(17-14-42)59(60,61)62)56(58(70)64-41(3)4)68-31-27-66(28-32-68)24-10-8-12-34-74-46-19-21-48-50(39-76-53(48)37-46)43-15-22-51(71-5)54(35-43)72-6/h13-22,35-41,55-56H,7-12,23-34H2,1-6H3,(H,63,69)(H,64,70). The first-order chi connectivity index (χ1) is 36.7. The number of carbonyl (C=O) groups excluding carboxylic acids is 2. The minimum atomic E-state index is -4.39. The molecule has 2 aliphatic heterocycles. The van der Waals surface area contributed by atoms with Gasteiger partial charge >= 0.3 is 6.18 Å². The molecule has 2 atom stereocenters. The van der Waals surface area contributed by atoms with Crippen LogP contribution >= 0.6 is 0 Å². The second kappa shape index (κ2) is 26.2. The molecular formula is C59H75F3N6O8. The summed E-state index contributed by atoms with van der Waals surface area (Å²) in [5.41, 5.74) is 4.00. The number of benzene rings is 4. The molecule has 14 nitrogen and oxygen atoms in total. The number of halogens is 3. The Balaban J connectivity index is 0.762. The van der Waals surface area contributed by atoms with Crippen LogP contribution in [0, 0.1) is 0 Å². The van der Waals surface area contributed by atoms with Gasteiger partial charge in [0, 0.05) is 98.5 Å². The van der Waals surface area contributed by atoms with E-state index in [2.05, 4.69) is 30.2 Å². The Labute approximate surface area is 444 Å². The summed E-state index contributed by atoms with van der Waals surface area (Å²) in [5, 5.41) is 8.14. The van der Waals surface area contributed by atoms with E-state index in [9.17, 15) is 22.8 Å². The number of unbranched alkanes of at least 4 members (excludes halogenated alkanes) is 4. The summed E-state index contributed by atoms with van der Waals surface area (Å²) in [6.07, 6.45) is 4.77. The number of carbonyl (C=O) groups is 2. The Hall–Kier alpha value is -6.27. The molecule has 4 aromatic carbocycles. The molecule has 0 spiro atoms. The SMILES string of the molecule is COc1ccc(-c2coc3cc(OCCCCCN4CCN(C(C(=O)NC(C)C)C(C(=O)NC(C)C)N5CCN(CCCCCOc6ccc7c(-c8ccc(C(F)(F)F)cc8)coc7c6)CC5)CC4)ccc23)cc1OC. The van der Waals surface area contributed by atoms with Crippen molar-refractivity contribution in [2.75, 3.05) is 92.9 Å². The van der Waals surface area contributed by atoms with Crippen LogP contribution in [0.4, 0.5) is 13.2 Å². The van der Waals surface area contributed by atoms with Crippen molar-refractivity contribution in [1.82, 2.24) is 30.2 Å². The van der Waals surface area contributed by atoms with Crippen molar-refractivity contribution in [2.24, 2.45) is 0 Å². The first-order valence-electron chi connectivity index (χ1n) is 26.9. The van der Waals surface area contributed by atoms with E-state index in [0.29, 0.717) is 67.8 Å². The van der Waals surface area contributed by atoms with Crippen LogP contribution in [0.25, 0.3) is 44.2 Å². The Morgan fingerprint density at radius 2 is 1.00 bits per heavy atom. The number of nitrogens with one attached hydrogen (secondary N) is 2. The summed E-state index contributed by atoms with van der Waals surface area (Å²) < 4.78 is 74.1. The molecule has 2 aliphatic rings. The van der Waals surface area contributed by atoms with Crippen LogP contribution in [-0.4, -0.2) is 148 Å². The van der Waals surface area contributed by atoms with Gasteiger partial charge in [0.05, 0.1) is 45.5 Å². The fourth-order valence-electron chi connectivity index (χ4n) is 10.4. The molecule has 0 saturated carbocycles. The van der Waals surface area contributed by atoms with Gasteiger partial charge in [-0.1, -0.05) is 18.2 Å². The molecule has 8 rings (SSSR count). The lowest BCUT2D eigenvalue weighted by atomic mass is 9.99. The molecule has 4 heterocycles. The number of hydrogen-bond donors (Lipinski definition) is 2. The second-order valence-corrected chi connectivity index (χ2v) is 20.5. The van der Waals surface area contributed by atoms with Crippen LogP contribution in [0.5, 0.6) is 23.0 Å². The highest BCUT2D eigenvalue weighted by Crippen LogP contribution is 2.38. The van der Waals surface area contributed by atoms with E-state index in [-0.39, 0.29) is 23.9 Å². The van der Waals surface area contributed by atoms with Crippen LogP contribution in [0.15, 0.2) is 100 Å². The number of furan rings is 2. The lowest BCUT2D eigenvalue weighted by Gasteiger charge is -2.46. The van der Waals surface area contributed by atoms with Gasteiger partial charge in [0.15, 0.2) is 11.5 Å². The number of ether oxygens (including phenoxy) is 4. The smallest absolute Gasteiger partial charge is 0.416 e. The Morgan fingerprint density at radius 3 is 1.43 bits per heavy atom. The van der Waals surface area contributed by atoms with Gasteiger partial charge < -0.3 is 48.2 Å². The average molecular weight is 1050 g/mol. The third kappa shape index (κ3) is 14.4. The second-order valence-electron chi connectivity index (χ2n) is 20.5. The van der Waals surface area contributed by atoms with Crippen molar-refractivity contribution in [3.8, 4) is 45.3 Å². The first kappa shape index (κ1) is 55.9. The van der Waals surface area contributed by atoms with Gasteiger partial charge in [0.2, 0.25) is 11.8 Å². The zero-order chi connectivity index (χ0) is 53.8. The highest BCUT2D eigenvalue weighted by atomic mass is 19.4. The molecule has 2 aromatic heterocycles. The summed E-state index contributed by atoms with van der Waals surface area (Å²) in [4.78, 5) is 37.8. The number of piperazine rings is 2.